The molecular weight excluding hydrogens is 320 g/mol. The molecule has 2 fully saturated rings. The third-order valence-corrected chi connectivity index (χ3v) is 4.64. The number of ether oxygens (including phenoxy) is 1. The van der Waals surface area contributed by atoms with Crippen LogP contribution in [-0.2, 0) is 9.53 Å². The summed E-state index contributed by atoms with van der Waals surface area (Å²) < 4.78 is 5.39. The summed E-state index contributed by atoms with van der Waals surface area (Å²) >= 11 is 0. The molecule has 0 aromatic heterocycles. The fraction of sp³-hybridized carbons (Fsp3) is 0.833. The summed E-state index contributed by atoms with van der Waals surface area (Å²) in [5.41, 5.74) is -0.501. The number of hydrogen-bond acceptors (Lipinski definition) is 5. The minimum absolute atomic E-state index is 0.0144. The van der Waals surface area contributed by atoms with Crippen molar-refractivity contribution in [2.45, 2.75) is 45.6 Å². The van der Waals surface area contributed by atoms with E-state index in [1.54, 1.807) is 4.90 Å². The predicted molar refractivity (Wildman–Crippen MR) is 93.8 cm³/mol. The van der Waals surface area contributed by atoms with Gasteiger partial charge in [0.25, 0.3) is 0 Å². The Morgan fingerprint density at radius 1 is 1.12 bits per heavy atom. The van der Waals surface area contributed by atoms with Crippen LogP contribution in [0.1, 0.15) is 40.0 Å². The summed E-state index contributed by atoms with van der Waals surface area (Å²) in [6, 6.07) is 2.17. The van der Waals surface area contributed by atoms with Crippen LogP contribution < -0.4 is 0 Å². The van der Waals surface area contributed by atoms with Crippen molar-refractivity contribution in [2.75, 3.05) is 45.8 Å². The van der Waals surface area contributed by atoms with Crippen molar-refractivity contribution in [1.82, 2.24) is 14.7 Å². The fourth-order valence-electron chi connectivity index (χ4n) is 3.36. The Bertz CT molecular complexity index is 515. The third kappa shape index (κ3) is 5.89. The van der Waals surface area contributed by atoms with Gasteiger partial charge in [-0.25, -0.2) is 4.79 Å². The summed E-state index contributed by atoms with van der Waals surface area (Å²) in [6.07, 6.45) is 2.11. The third-order valence-electron chi connectivity index (χ3n) is 4.64. The zero-order valence-corrected chi connectivity index (χ0v) is 15.7. The first-order valence-electron chi connectivity index (χ1n) is 9.16. The molecule has 2 aliphatic heterocycles. The van der Waals surface area contributed by atoms with E-state index in [1.165, 1.54) is 0 Å². The minimum Gasteiger partial charge on any atom is -0.444 e. The van der Waals surface area contributed by atoms with E-state index in [0.717, 1.165) is 32.5 Å². The Hall–Kier alpha value is -1.81. The molecule has 7 heteroatoms. The number of likely N-dealkylation sites (tertiary alicyclic amines) is 1. The number of hydrogen-bond donors (Lipinski definition) is 0. The lowest BCUT2D eigenvalue weighted by molar-refractivity contribution is -0.139. The molecular formula is C18H30N4O3. The maximum absolute atomic E-state index is 12.8. The van der Waals surface area contributed by atoms with Crippen LogP contribution in [0.2, 0.25) is 0 Å². The van der Waals surface area contributed by atoms with Gasteiger partial charge in [0, 0.05) is 45.7 Å². The number of carbonyl (C=O) groups excluding carboxylic acids is 2. The second-order valence-electron chi connectivity index (χ2n) is 7.84. The van der Waals surface area contributed by atoms with Crippen molar-refractivity contribution in [2.24, 2.45) is 5.92 Å². The molecule has 140 valence electrons. The maximum atomic E-state index is 12.8. The fourth-order valence-corrected chi connectivity index (χ4v) is 3.36. The van der Waals surface area contributed by atoms with Crippen LogP contribution in [0.25, 0.3) is 0 Å². The van der Waals surface area contributed by atoms with Crippen LogP contribution in [-0.4, -0.2) is 78.1 Å². The van der Waals surface area contributed by atoms with E-state index in [2.05, 4.69) is 11.0 Å². The Kier molecular flexibility index (Phi) is 6.65. The molecule has 1 atom stereocenters. The first-order valence-corrected chi connectivity index (χ1v) is 9.16. The minimum atomic E-state index is -0.501. The summed E-state index contributed by atoms with van der Waals surface area (Å²) in [5, 5.41) is 8.72. The summed E-state index contributed by atoms with van der Waals surface area (Å²) in [4.78, 5) is 30.6. The monoisotopic (exact) mass is 350 g/mol. The smallest absolute Gasteiger partial charge is 0.410 e. The molecule has 0 aromatic carbocycles. The zero-order valence-electron chi connectivity index (χ0n) is 15.7. The second kappa shape index (κ2) is 8.52. The molecule has 2 amide bonds. The van der Waals surface area contributed by atoms with Crippen LogP contribution in [0, 0.1) is 17.2 Å². The van der Waals surface area contributed by atoms with Gasteiger partial charge < -0.3 is 19.4 Å². The summed E-state index contributed by atoms with van der Waals surface area (Å²) in [5.74, 6) is 0.200. The van der Waals surface area contributed by atoms with Crippen molar-refractivity contribution in [1.29, 1.82) is 5.26 Å². The topological polar surface area (TPSA) is 76.9 Å². The lowest BCUT2D eigenvalue weighted by Gasteiger charge is -2.39. The number of rotatable bonds is 3. The second-order valence-corrected chi connectivity index (χ2v) is 7.84. The van der Waals surface area contributed by atoms with Gasteiger partial charge in [0.1, 0.15) is 5.60 Å². The van der Waals surface area contributed by atoms with Crippen molar-refractivity contribution in [3.8, 4) is 6.07 Å². The van der Waals surface area contributed by atoms with E-state index in [0.29, 0.717) is 32.6 Å². The summed E-state index contributed by atoms with van der Waals surface area (Å²) in [7, 11) is 0. The number of nitrogens with zero attached hydrogens (tertiary/aromatic N) is 4. The number of piperazine rings is 1. The van der Waals surface area contributed by atoms with Gasteiger partial charge in [-0.2, -0.15) is 5.26 Å². The molecule has 0 N–H and O–H groups in total. The first kappa shape index (κ1) is 19.5. The van der Waals surface area contributed by atoms with Gasteiger partial charge in [-0.3, -0.25) is 4.79 Å². The average molecular weight is 350 g/mol. The Labute approximate surface area is 150 Å². The molecule has 2 saturated heterocycles. The van der Waals surface area contributed by atoms with Gasteiger partial charge in [0.05, 0.1) is 12.0 Å². The van der Waals surface area contributed by atoms with E-state index in [4.69, 9.17) is 10.00 Å². The molecule has 25 heavy (non-hydrogen) atoms. The standard InChI is InChI=1S/C18H30N4O3/c1-18(2,3)25-17(24)22-12-10-21(11-13-22)16(23)15-6-4-8-20(14-15)9-5-7-19/h15H,4-6,8-14H2,1-3H3. The summed E-state index contributed by atoms with van der Waals surface area (Å²) in [6.45, 7) is 10.2. The van der Waals surface area contributed by atoms with Crippen LogP contribution >= 0.6 is 0 Å². The van der Waals surface area contributed by atoms with Gasteiger partial charge in [-0.05, 0) is 40.2 Å². The van der Waals surface area contributed by atoms with Gasteiger partial charge in [0.2, 0.25) is 5.91 Å². The van der Waals surface area contributed by atoms with E-state index in [9.17, 15) is 9.59 Å². The lowest BCUT2D eigenvalue weighted by atomic mass is 9.96. The van der Waals surface area contributed by atoms with Crippen molar-refractivity contribution in [3.05, 3.63) is 0 Å². The Balaban J connectivity index is 1.81. The molecule has 2 heterocycles. The van der Waals surface area contributed by atoms with E-state index < -0.39 is 5.60 Å². The predicted octanol–water partition coefficient (Wildman–Crippen LogP) is 1.69. The highest BCUT2D eigenvalue weighted by Gasteiger charge is 2.32. The van der Waals surface area contributed by atoms with Crippen molar-refractivity contribution >= 4 is 12.0 Å². The van der Waals surface area contributed by atoms with Gasteiger partial charge in [0.15, 0.2) is 0 Å². The molecule has 0 aliphatic carbocycles. The molecule has 0 bridgehead atoms. The zero-order chi connectivity index (χ0) is 18.4. The van der Waals surface area contributed by atoms with Crippen LogP contribution in [0.15, 0.2) is 0 Å². The number of amides is 2. The maximum Gasteiger partial charge on any atom is 0.410 e. The quantitative estimate of drug-likeness (QED) is 0.774. The van der Waals surface area contributed by atoms with Gasteiger partial charge >= 0.3 is 6.09 Å². The van der Waals surface area contributed by atoms with Crippen LogP contribution in [0.4, 0.5) is 4.79 Å². The number of nitriles is 1. The molecule has 2 rings (SSSR count). The number of carbonyl (C=O) groups is 2. The Morgan fingerprint density at radius 3 is 2.36 bits per heavy atom. The number of piperidine rings is 1. The van der Waals surface area contributed by atoms with Crippen LogP contribution in [0.3, 0.4) is 0 Å². The van der Waals surface area contributed by atoms with Crippen molar-refractivity contribution in [3.63, 3.8) is 0 Å². The Morgan fingerprint density at radius 2 is 1.76 bits per heavy atom. The molecule has 2 aliphatic rings. The SMILES string of the molecule is CC(C)(C)OC(=O)N1CCN(C(=O)C2CCCN(CCC#N)C2)CC1. The molecule has 0 spiro atoms. The van der Waals surface area contributed by atoms with Crippen LogP contribution in [0.5, 0.6) is 0 Å². The van der Waals surface area contributed by atoms with E-state index in [-0.39, 0.29) is 17.9 Å². The van der Waals surface area contributed by atoms with Crippen molar-refractivity contribution < 1.29 is 14.3 Å². The van der Waals surface area contributed by atoms with Gasteiger partial charge in [-0.1, -0.05) is 0 Å². The highest BCUT2D eigenvalue weighted by Crippen LogP contribution is 2.20. The normalized spacial score (nSPS) is 22.4. The largest absolute Gasteiger partial charge is 0.444 e. The molecule has 0 radical (unpaired) electrons. The van der Waals surface area contributed by atoms with E-state index in [1.807, 2.05) is 25.7 Å². The lowest BCUT2D eigenvalue weighted by Crippen LogP contribution is -2.54. The average Bonchev–Trinajstić information content (AvgIpc) is 2.58. The highest BCUT2D eigenvalue weighted by molar-refractivity contribution is 5.79. The molecule has 0 saturated carbocycles. The van der Waals surface area contributed by atoms with Gasteiger partial charge in [-0.15, -0.1) is 0 Å². The van der Waals surface area contributed by atoms with E-state index >= 15 is 0 Å². The molecule has 7 nitrogen and oxygen atoms in total. The molecule has 0 aromatic rings. The first-order chi connectivity index (χ1) is 11.8. The molecule has 1 unspecified atom stereocenters. The highest BCUT2D eigenvalue weighted by atomic mass is 16.6.